The van der Waals surface area contributed by atoms with E-state index in [0.29, 0.717) is 22.9 Å². The lowest BCUT2D eigenvalue weighted by molar-refractivity contribution is 0.0996. The third-order valence-electron chi connectivity index (χ3n) is 5.04. The Morgan fingerprint density at radius 1 is 1.03 bits per heavy atom. The second-order valence-electron chi connectivity index (χ2n) is 7.09. The Labute approximate surface area is 187 Å². The third kappa shape index (κ3) is 5.89. The Hall–Kier alpha value is -3.25. The molecular formula is C24H26ClN3O3. The fourth-order valence-electron chi connectivity index (χ4n) is 3.41. The van der Waals surface area contributed by atoms with E-state index in [-0.39, 0.29) is 17.8 Å². The van der Waals surface area contributed by atoms with Crippen LogP contribution in [0.15, 0.2) is 71.3 Å². The molecule has 2 N–H and O–H groups in total. The highest BCUT2D eigenvalue weighted by atomic mass is 35.5. The van der Waals surface area contributed by atoms with Crippen LogP contribution in [-0.4, -0.2) is 29.4 Å². The number of nitrogens with zero attached hydrogens (tertiary/aromatic N) is 1. The molecule has 0 unspecified atom stereocenters. The van der Waals surface area contributed by atoms with Crippen molar-refractivity contribution >= 4 is 34.9 Å². The van der Waals surface area contributed by atoms with Crippen molar-refractivity contribution in [2.75, 3.05) is 17.2 Å². The molecule has 1 atom stereocenters. The number of hydrogen-bond acceptors (Lipinski definition) is 3. The van der Waals surface area contributed by atoms with Gasteiger partial charge in [-0.3, -0.25) is 4.79 Å². The highest BCUT2D eigenvalue weighted by Crippen LogP contribution is 2.26. The minimum absolute atomic E-state index is 0.0785. The van der Waals surface area contributed by atoms with E-state index >= 15 is 0 Å². The molecule has 0 fully saturated rings. The minimum Gasteiger partial charge on any atom is -0.459 e. The van der Waals surface area contributed by atoms with Crippen LogP contribution >= 0.6 is 11.6 Å². The van der Waals surface area contributed by atoms with Gasteiger partial charge in [-0.1, -0.05) is 48.9 Å². The molecule has 3 aromatic rings. The zero-order valence-corrected chi connectivity index (χ0v) is 18.4. The van der Waals surface area contributed by atoms with Crippen LogP contribution < -0.4 is 10.6 Å². The summed E-state index contributed by atoms with van der Waals surface area (Å²) < 4.78 is 5.08. The SMILES string of the molecule is CC[C@H](Cc1ccccc1)N(CC)C(=O)Nc1ccc(NC(=O)c2ccco2)c(Cl)c1. The number of hydrogen-bond donors (Lipinski definition) is 2. The van der Waals surface area contributed by atoms with Crippen molar-refractivity contribution in [1.29, 1.82) is 0 Å². The van der Waals surface area contributed by atoms with Crippen LogP contribution in [0.2, 0.25) is 5.02 Å². The molecule has 0 saturated heterocycles. The fourth-order valence-corrected chi connectivity index (χ4v) is 3.64. The van der Waals surface area contributed by atoms with Gasteiger partial charge < -0.3 is 20.0 Å². The maximum atomic E-state index is 13.0. The first-order chi connectivity index (χ1) is 15.0. The molecule has 0 radical (unpaired) electrons. The summed E-state index contributed by atoms with van der Waals surface area (Å²) in [5.41, 5.74) is 2.18. The van der Waals surface area contributed by atoms with Crippen molar-refractivity contribution in [2.24, 2.45) is 0 Å². The van der Waals surface area contributed by atoms with Gasteiger partial charge in [0.15, 0.2) is 5.76 Å². The highest BCUT2D eigenvalue weighted by molar-refractivity contribution is 6.34. The van der Waals surface area contributed by atoms with E-state index in [1.165, 1.54) is 11.8 Å². The van der Waals surface area contributed by atoms with Crippen molar-refractivity contribution in [1.82, 2.24) is 4.90 Å². The summed E-state index contributed by atoms with van der Waals surface area (Å²) in [5, 5.41) is 5.92. The summed E-state index contributed by atoms with van der Waals surface area (Å²) >= 11 is 6.32. The number of nitrogens with one attached hydrogen (secondary N) is 2. The van der Waals surface area contributed by atoms with Gasteiger partial charge in [0.05, 0.1) is 17.0 Å². The van der Waals surface area contributed by atoms with Crippen molar-refractivity contribution in [3.63, 3.8) is 0 Å². The van der Waals surface area contributed by atoms with Gasteiger partial charge in [-0.05, 0) is 55.7 Å². The number of carbonyl (C=O) groups excluding carboxylic acids is 2. The zero-order valence-electron chi connectivity index (χ0n) is 17.6. The maximum Gasteiger partial charge on any atom is 0.322 e. The molecular weight excluding hydrogens is 414 g/mol. The Kier molecular flexibility index (Phi) is 7.73. The average molecular weight is 440 g/mol. The van der Waals surface area contributed by atoms with Gasteiger partial charge in [0, 0.05) is 18.3 Å². The number of anilines is 2. The standard InChI is InChI=1S/C24H26ClN3O3/c1-3-19(15-17-9-6-5-7-10-17)28(4-2)24(30)26-18-12-13-21(20(25)16-18)27-23(29)22-11-8-14-31-22/h5-14,16,19H,3-4,15H2,1-2H3,(H,26,30)(H,27,29)/t19-/m1/s1. The zero-order chi connectivity index (χ0) is 22.2. The normalized spacial score (nSPS) is 11.6. The minimum atomic E-state index is -0.396. The van der Waals surface area contributed by atoms with Crippen LogP contribution in [0.1, 0.15) is 36.4 Å². The van der Waals surface area contributed by atoms with E-state index in [1.54, 1.807) is 30.3 Å². The van der Waals surface area contributed by atoms with E-state index in [1.807, 2.05) is 30.0 Å². The first-order valence-electron chi connectivity index (χ1n) is 10.3. The summed E-state index contributed by atoms with van der Waals surface area (Å²) in [6.07, 6.45) is 3.06. The summed E-state index contributed by atoms with van der Waals surface area (Å²) in [6.45, 7) is 4.63. The highest BCUT2D eigenvalue weighted by Gasteiger charge is 2.21. The molecule has 3 rings (SSSR count). The summed E-state index contributed by atoms with van der Waals surface area (Å²) in [6, 6.07) is 18.2. The van der Waals surface area contributed by atoms with Gasteiger partial charge in [-0.2, -0.15) is 0 Å². The molecule has 0 aliphatic heterocycles. The summed E-state index contributed by atoms with van der Waals surface area (Å²) in [4.78, 5) is 26.9. The maximum absolute atomic E-state index is 13.0. The smallest absolute Gasteiger partial charge is 0.322 e. The number of amides is 3. The average Bonchev–Trinajstić information content (AvgIpc) is 3.31. The number of benzene rings is 2. The van der Waals surface area contributed by atoms with E-state index in [9.17, 15) is 9.59 Å². The molecule has 0 saturated carbocycles. The van der Waals surface area contributed by atoms with Gasteiger partial charge in [-0.25, -0.2) is 4.79 Å². The van der Waals surface area contributed by atoms with Gasteiger partial charge in [0.2, 0.25) is 0 Å². The molecule has 2 aromatic carbocycles. The number of urea groups is 1. The summed E-state index contributed by atoms with van der Waals surface area (Å²) in [5.74, 6) is -0.205. The molecule has 0 aliphatic rings. The van der Waals surface area contributed by atoms with E-state index in [2.05, 4.69) is 29.7 Å². The van der Waals surface area contributed by atoms with Crippen LogP contribution in [0.3, 0.4) is 0 Å². The number of halogens is 1. The predicted octanol–water partition coefficient (Wildman–Crippen LogP) is 6.06. The third-order valence-corrected chi connectivity index (χ3v) is 5.35. The molecule has 1 aromatic heterocycles. The largest absolute Gasteiger partial charge is 0.459 e. The number of furan rings is 1. The topological polar surface area (TPSA) is 74.6 Å². The van der Waals surface area contributed by atoms with E-state index in [0.717, 1.165) is 12.8 Å². The monoisotopic (exact) mass is 439 g/mol. The van der Waals surface area contributed by atoms with Crippen LogP contribution in [0.5, 0.6) is 0 Å². The number of likely N-dealkylation sites (N-methyl/N-ethyl adjacent to an activating group) is 1. The van der Waals surface area contributed by atoms with Gasteiger partial charge in [0.1, 0.15) is 0 Å². The Morgan fingerprint density at radius 3 is 2.42 bits per heavy atom. The van der Waals surface area contributed by atoms with Crippen LogP contribution in [0, 0.1) is 0 Å². The van der Waals surface area contributed by atoms with Crippen molar-refractivity contribution in [3.8, 4) is 0 Å². The van der Waals surface area contributed by atoms with Crippen LogP contribution in [0.4, 0.5) is 16.2 Å². The van der Waals surface area contributed by atoms with E-state index < -0.39 is 5.91 Å². The van der Waals surface area contributed by atoms with E-state index in [4.69, 9.17) is 16.0 Å². The first-order valence-corrected chi connectivity index (χ1v) is 10.7. The molecule has 0 aliphatic carbocycles. The lowest BCUT2D eigenvalue weighted by Crippen LogP contribution is -2.43. The van der Waals surface area contributed by atoms with Gasteiger partial charge in [0.25, 0.3) is 5.91 Å². The molecule has 7 heteroatoms. The van der Waals surface area contributed by atoms with Crippen molar-refractivity contribution in [2.45, 2.75) is 32.7 Å². The molecule has 3 amide bonds. The van der Waals surface area contributed by atoms with Crippen molar-refractivity contribution in [3.05, 3.63) is 83.3 Å². The lowest BCUT2D eigenvalue weighted by Gasteiger charge is -2.30. The molecule has 31 heavy (non-hydrogen) atoms. The molecule has 0 bridgehead atoms. The molecule has 0 spiro atoms. The molecule has 1 heterocycles. The second kappa shape index (κ2) is 10.7. The lowest BCUT2D eigenvalue weighted by atomic mass is 10.0. The first kappa shape index (κ1) is 22.4. The fraction of sp³-hybridized carbons (Fsp3) is 0.250. The second-order valence-corrected chi connectivity index (χ2v) is 7.50. The Morgan fingerprint density at radius 2 is 1.81 bits per heavy atom. The van der Waals surface area contributed by atoms with Crippen molar-refractivity contribution < 1.29 is 14.0 Å². The quantitative estimate of drug-likeness (QED) is 0.448. The number of carbonyl (C=O) groups is 2. The molecule has 6 nitrogen and oxygen atoms in total. The summed E-state index contributed by atoms with van der Waals surface area (Å²) in [7, 11) is 0. The Bertz CT molecular complexity index is 1010. The molecule has 162 valence electrons. The van der Waals surface area contributed by atoms with Gasteiger partial charge in [-0.15, -0.1) is 0 Å². The number of rotatable bonds is 8. The van der Waals surface area contributed by atoms with Gasteiger partial charge >= 0.3 is 6.03 Å². The predicted molar refractivity (Wildman–Crippen MR) is 124 cm³/mol. The Balaban J connectivity index is 1.66. The van der Waals surface area contributed by atoms with Crippen LogP contribution in [-0.2, 0) is 6.42 Å². The van der Waals surface area contributed by atoms with Crippen LogP contribution in [0.25, 0.3) is 0 Å².